The number of anilines is 1. The van der Waals surface area contributed by atoms with E-state index in [1.165, 1.54) is 0 Å². The summed E-state index contributed by atoms with van der Waals surface area (Å²) in [5, 5.41) is 0.0725. The largest absolute Gasteiger partial charge is 0.314 e. The van der Waals surface area contributed by atoms with Crippen molar-refractivity contribution in [3.8, 4) is 0 Å². The third kappa shape index (κ3) is 4.18. The van der Waals surface area contributed by atoms with Crippen LogP contribution in [0, 0.1) is 0 Å². The molecule has 5 heteroatoms. The summed E-state index contributed by atoms with van der Waals surface area (Å²) in [4.78, 5) is 14.0. The molecule has 0 bridgehead atoms. The second-order valence-electron chi connectivity index (χ2n) is 5.03. The van der Waals surface area contributed by atoms with Crippen LogP contribution in [-0.4, -0.2) is 22.4 Å². The molecule has 0 saturated heterocycles. The number of carbonyl (C=O) groups is 1. The van der Waals surface area contributed by atoms with Gasteiger partial charge in [0.1, 0.15) is 5.25 Å². The van der Waals surface area contributed by atoms with Crippen LogP contribution in [0.4, 0.5) is 5.69 Å². The summed E-state index contributed by atoms with van der Waals surface area (Å²) in [7, 11) is 0.421. The predicted molar refractivity (Wildman–Crippen MR) is 92.6 cm³/mol. The second kappa shape index (κ2) is 7.56. The van der Waals surface area contributed by atoms with E-state index < -0.39 is 16.0 Å². The first-order chi connectivity index (χ1) is 10.5. The topological polar surface area (TPSA) is 37.4 Å². The minimum atomic E-state index is -1.28. The maximum Gasteiger partial charge on any atom is 0.242 e. The van der Waals surface area contributed by atoms with Crippen molar-refractivity contribution in [1.82, 2.24) is 0 Å². The van der Waals surface area contributed by atoms with Gasteiger partial charge in [0.05, 0.1) is 0 Å². The van der Waals surface area contributed by atoms with Gasteiger partial charge in [0.25, 0.3) is 0 Å². The molecule has 2 aromatic carbocycles. The molecule has 0 spiro atoms. The third-order valence-corrected chi connectivity index (χ3v) is 5.30. The lowest BCUT2D eigenvalue weighted by atomic mass is 10.2. The van der Waals surface area contributed by atoms with E-state index in [1.807, 2.05) is 42.5 Å². The van der Waals surface area contributed by atoms with Crippen LogP contribution in [0.2, 0.25) is 5.02 Å². The average Bonchev–Trinajstić information content (AvgIpc) is 2.55. The molecule has 116 valence electrons. The fraction of sp³-hybridized carbons (Fsp3) is 0.235. The first kappa shape index (κ1) is 16.7. The molecule has 3 nitrogen and oxygen atoms in total. The van der Waals surface area contributed by atoms with Gasteiger partial charge in [-0.15, -0.1) is 0 Å². The Bertz CT molecular complexity index is 658. The fourth-order valence-corrected chi connectivity index (χ4v) is 3.31. The van der Waals surface area contributed by atoms with Gasteiger partial charge < -0.3 is 4.90 Å². The molecule has 2 aromatic rings. The zero-order valence-electron chi connectivity index (χ0n) is 12.5. The molecule has 2 rings (SSSR count). The van der Waals surface area contributed by atoms with Gasteiger partial charge in [-0.3, -0.25) is 9.00 Å². The van der Waals surface area contributed by atoms with Gasteiger partial charge in [-0.2, -0.15) is 0 Å². The molecule has 0 N–H and O–H groups in total. The predicted octanol–water partition coefficient (Wildman–Crippen LogP) is 3.64. The zero-order valence-corrected chi connectivity index (χ0v) is 14.1. The van der Waals surface area contributed by atoms with Crippen molar-refractivity contribution < 1.29 is 9.00 Å². The summed E-state index contributed by atoms with van der Waals surface area (Å²) in [6.07, 6.45) is 0. The minimum absolute atomic E-state index is 0.154. The van der Waals surface area contributed by atoms with Crippen LogP contribution in [0.15, 0.2) is 54.6 Å². The van der Waals surface area contributed by atoms with Gasteiger partial charge >= 0.3 is 0 Å². The van der Waals surface area contributed by atoms with Crippen molar-refractivity contribution in [2.45, 2.75) is 17.9 Å². The molecule has 0 aliphatic rings. The minimum Gasteiger partial charge on any atom is -0.314 e. The number of benzene rings is 2. The zero-order chi connectivity index (χ0) is 16.1. The van der Waals surface area contributed by atoms with Crippen molar-refractivity contribution in [2.24, 2.45) is 0 Å². The molecule has 2 atom stereocenters. The lowest BCUT2D eigenvalue weighted by Crippen LogP contribution is -2.37. The van der Waals surface area contributed by atoms with E-state index in [4.69, 9.17) is 11.6 Å². The number of rotatable bonds is 5. The lowest BCUT2D eigenvalue weighted by Gasteiger charge is -2.21. The molecule has 0 radical (unpaired) electrons. The summed E-state index contributed by atoms with van der Waals surface area (Å²) in [5.74, 6) is 0.186. The molecule has 0 aromatic heterocycles. The number of hydrogen-bond acceptors (Lipinski definition) is 2. The standard InChI is InChI=1S/C17H18ClNO2S/c1-13(17(20)19(2)16-6-4-3-5-7-16)22(21)12-14-8-10-15(18)11-9-14/h3-11,13H,12H2,1-2H3. The van der Waals surface area contributed by atoms with E-state index in [0.29, 0.717) is 10.8 Å². The Morgan fingerprint density at radius 1 is 1.14 bits per heavy atom. The van der Waals surface area contributed by atoms with Crippen molar-refractivity contribution in [1.29, 1.82) is 0 Å². The Labute approximate surface area is 138 Å². The van der Waals surface area contributed by atoms with Crippen molar-refractivity contribution in [3.05, 3.63) is 65.2 Å². The molecule has 0 heterocycles. The molecular weight excluding hydrogens is 318 g/mol. The van der Waals surface area contributed by atoms with Gasteiger partial charge in [-0.25, -0.2) is 0 Å². The van der Waals surface area contributed by atoms with Crippen LogP contribution >= 0.6 is 11.6 Å². The fourth-order valence-electron chi connectivity index (χ4n) is 2.03. The van der Waals surface area contributed by atoms with Gasteiger partial charge in [0.2, 0.25) is 5.91 Å². The van der Waals surface area contributed by atoms with E-state index in [9.17, 15) is 9.00 Å². The first-order valence-corrected chi connectivity index (χ1v) is 8.69. The van der Waals surface area contributed by atoms with Crippen LogP contribution in [0.5, 0.6) is 0 Å². The molecule has 0 fully saturated rings. The molecule has 2 unspecified atom stereocenters. The van der Waals surface area contributed by atoms with E-state index in [-0.39, 0.29) is 5.91 Å². The van der Waals surface area contributed by atoms with Gasteiger partial charge in [0.15, 0.2) is 0 Å². The molecule has 0 saturated carbocycles. The SMILES string of the molecule is CC(C(=O)N(C)c1ccccc1)S(=O)Cc1ccc(Cl)cc1. The first-order valence-electron chi connectivity index (χ1n) is 6.93. The number of halogens is 1. The van der Waals surface area contributed by atoms with Gasteiger partial charge in [-0.1, -0.05) is 41.9 Å². The lowest BCUT2D eigenvalue weighted by molar-refractivity contribution is -0.117. The van der Waals surface area contributed by atoms with E-state index in [2.05, 4.69) is 0 Å². The smallest absolute Gasteiger partial charge is 0.242 e. The maximum absolute atomic E-state index is 12.4. The van der Waals surface area contributed by atoms with Crippen molar-refractivity contribution >= 4 is 34.0 Å². The molecule has 0 aliphatic carbocycles. The number of nitrogens with zero attached hydrogens (tertiary/aromatic N) is 1. The molecule has 22 heavy (non-hydrogen) atoms. The van der Waals surface area contributed by atoms with E-state index in [1.54, 1.807) is 31.0 Å². The van der Waals surface area contributed by atoms with E-state index >= 15 is 0 Å². The van der Waals surface area contributed by atoms with Crippen molar-refractivity contribution in [2.75, 3.05) is 11.9 Å². The highest BCUT2D eigenvalue weighted by atomic mass is 35.5. The molecule has 0 aliphatic heterocycles. The van der Waals surface area contributed by atoms with Gasteiger partial charge in [-0.05, 0) is 36.8 Å². The van der Waals surface area contributed by atoms with Crippen LogP contribution in [0.25, 0.3) is 0 Å². The normalized spacial score (nSPS) is 13.4. The second-order valence-corrected chi connectivity index (χ2v) is 7.22. The number of hydrogen-bond donors (Lipinski definition) is 0. The number of amides is 1. The quantitative estimate of drug-likeness (QED) is 0.836. The van der Waals surface area contributed by atoms with Crippen LogP contribution in [-0.2, 0) is 21.3 Å². The third-order valence-electron chi connectivity index (χ3n) is 3.44. The summed E-state index contributed by atoms with van der Waals surface area (Å²) in [6, 6.07) is 16.5. The highest BCUT2D eigenvalue weighted by molar-refractivity contribution is 7.85. The molecular formula is C17H18ClNO2S. The van der Waals surface area contributed by atoms with Crippen LogP contribution < -0.4 is 4.90 Å². The van der Waals surface area contributed by atoms with Crippen LogP contribution in [0.3, 0.4) is 0 Å². The summed E-state index contributed by atoms with van der Waals surface area (Å²) in [5.41, 5.74) is 1.70. The Kier molecular flexibility index (Phi) is 5.75. The maximum atomic E-state index is 12.4. The van der Waals surface area contributed by atoms with Crippen LogP contribution in [0.1, 0.15) is 12.5 Å². The Morgan fingerprint density at radius 3 is 2.32 bits per heavy atom. The summed E-state index contributed by atoms with van der Waals surface area (Å²) in [6.45, 7) is 1.70. The summed E-state index contributed by atoms with van der Waals surface area (Å²) >= 11 is 5.83. The highest BCUT2D eigenvalue weighted by Crippen LogP contribution is 2.16. The number of para-hydroxylation sites is 1. The Morgan fingerprint density at radius 2 is 1.73 bits per heavy atom. The van der Waals surface area contributed by atoms with Crippen molar-refractivity contribution in [3.63, 3.8) is 0 Å². The Hall–Kier alpha value is -1.65. The Balaban J connectivity index is 2.03. The monoisotopic (exact) mass is 335 g/mol. The summed E-state index contributed by atoms with van der Waals surface area (Å²) < 4.78 is 12.4. The van der Waals surface area contributed by atoms with Gasteiger partial charge in [0, 0.05) is 34.3 Å². The van der Waals surface area contributed by atoms with E-state index in [0.717, 1.165) is 11.3 Å². The number of carbonyl (C=O) groups excluding carboxylic acids is 1. The average molecular weight is 336 g/mol. The highest BCUT2D eigenvalue weighted by Gasteiger charge is 2.24. The molecule has 1 amide bonds.